The highest BCUT2D eigenvalue weighted by Crippen LogP contribution is 2.35. The molecule has 2 aliphatic rings. The van der Waals surface area contributed by atoms with E-state index in [0.29, 0.717) is 24.8 Å². The zero-order valence-electron chi connectivity index (χ0n) is 15.6. The number of hydrogen-bond donors (Lipinski definition) is 1. The smallest absolute Gasteiger partial charge is 0.273 e. The Labute approximate surface area is 163 Å². The van der Waals surface area contributed by atoms with Crippen molar-refractivity contribution in [2.24, 2.45) is 5.92 Å². The van der Waals surface area contributed by atoms with Crippen molar-refractivity contribution in [3.63, 3.8) is 0 Å². The number of piperidine rings is 1. The summed E-state index contributed by atoms with van der Waals surface area (Å²) in [4.78, 5) is 19.3. The molecule has 2 aromatic rings. The fraction of sp³-hybridized carbons (Fsp3) is 0.500. The van der Waals surface area contributed by atoms with Crippen LogP contribution in [0.1, 0.15) is 30.3 Å². The molecule has 1 amide bonds. The average molecular weight is 388 g/mol. The predicted molar refractivity (Wildman–Crippen MR) is 106 cm³/mol. The number of thiazole rings is 1. The molecule has 0 unspecified atom stereocenters. The molecule has 1 aromatic carbocycles. The molecule has 0 spiro atoms. The first kappa shape index (κ1) is 18.3. The molecule has 6 nitrogen and oxygen atoms in total. The Morgan fingerprint density at radius 3 is 2.81 bits per heavy atom. The monoisotopic (exact) mass is 387 g/mol. The van der Waals surface area contributed by atoms with E-state index in [1.165, 1.54) is 11.3 Å². The van der Waals surface area contributed by atoms with Crippen LogP contribution in [-0.2, 0) is 0 Å². The van der Waals surface area contributed by atoms with Crippen molar-refractivity contribution < 1.29 is 14.3 Å². The fourth-order valence-electron chi connectivity index (χ4n) is 3.53. The van der Waals surface area contributed by atoms with Gasteiger partial charge in [0.2, 0.25) is 0 Å². The largest absolute Gasteiger partial charge is 0.486 e. The number of aromatic nitrogens is 1. The van der Waals surface area contributed by atoms with Crippen molar-refractivity contribution >= 4 is 17.2 Å². The number of hydrogen-bond acceptors (Lipinski definition) is 6. The van der Waals surface area contributed by atoms with Crippen LogP contribution in [0.15, 0.2) is 23.6 Å². The Kier molecular flexibility index (Phi) is 5.59. The summed E-state index contributed by atoms with van der Waals surface area (Å²) in [5.41, 5.74) is 1.49. The lowest BCUT2D eigenvalue weighted by atomic mass is 9.96. The van der Waals surface area contributed by atoms with Gasteiger partial charge in [0.05, 0.1) is 0 Å². The van der Waals surface area contributed by atoms with Crippen molar-refractivity contribution in [1.82, 2.24) is 15.2 Å². The molecule has 7 heteroatoms. The SMILES string of the molecule is CCNCC1CCN(C(=O)c2csc(-c3ccc4c(c3)OCCO4)n2)CC1. The quantitative estimate of drug-likeness (QED) is 0.854. The van der Waals surface area contributed by atoms with E-state index in [4.69, 9.17) is 9.47 Å². The van der Waals surface area contributed by atoms with Crippen molar-refractivity contribution in [2.75, 3.05) is 39.4 Å². The summed E-state index contributed by atoms with van der Waals surface area (Å²) in [6.45, 7) is 6.93. The number of likely N-dealkylation sites (tertiary alicyclic amines) is 1. The number of rotatable bonds is 5. The van der Waals surface area contributed by atoms with Crippen LogP contribution in [-0.4, -0.2) is 55.2 Å². The van der Waals surface area contributed by atoms with Crippen LogP contribution in [0.2, 0.25) is 0 Å². The van der Waals surface area contributed by atoms with Crippen molar-refractivity contribution in [3.8, 4) is 22.1 Å². The Bertz CT molecular complexity index is 800. The molecular weight excluding hydrogens is 362 g/mol. The normalized spacial score (nSPS) is 17.1. The highest BCUT2D eigenvalue weighted by Gasteiger charge is 2.25. The highest BCUT2D eigenvalue weighted by atomic mass is 32.1. The van der Waals surface area contributed by atoms with E-state index in [2.05, 4.69) is 17.2 Å². The maximum absolute atomic E-state index is 12.8. The summed E-state index contributed by atoms with van der Waals surface area (Å²) >= 11 is 1.49. The molecule has 1 fully saturated rings. The van der Waals surface area contributed by atoms with Crippen LogP contribution in [0, 0.1) is 5.92 Å². The maximum atomic E-state index is 12.8. The molecule has 1 saturated heterocycles. The Morgan fingerprint density at radius 1 is 1.26 bits per heavy atom. The lowest BCUT2D eigenvalue weighted by Crippen LogP contribution is -2.40. The van der Waals surface area contributed by atoms with E-state index in [1.807, 2.05) is 28.5 Å². The molecule has 3 heterocycles. The van der Waals surface area contributed by atoms with Crippen molar-refractivity contribution in [1.29, 1.82) is 0 Å². The molecule has 144 valence electrons. The Balaban J connectivity index is 1.41. The van der Waals surface area contributed by atoms with Crippen LogP contribution in [0.4, 0.5) is 0 Å². The second-order valence-corrected chi connectivity index (χ2v) is 7.80. The third-order valence-electron chi connectivity index (χ3n) is 5.10. The number of carbonyl (C=O) groups is 1. The Morgan fingerprint density at radius 2 is 2.04 bits per heavy atom. The van der Waals surface area contributed by atoms with E-state index in [1.54, 1.807) is 0 Å². The molecule has 27 heavy (non-hydrogen) atoms. The summed E-state index contributed by atoms with van der Waals surface area (Å²) in [7, 11) is 0. The van der Waals surface area contributed by atoms with Crippen LogP contribution in [0.5, 0.6) is 11.5 Å². The second-order valence-electron chi connectivity index (χ2n) is 6.94. The van der Waals surface area contributed by atoms with Gasteiger partial charge in [0.15, 0.2) is 11.5 Å². The summed E-state index contributed by atoms with van der Waals surface area (Å²) in [5, 5.41) is 6.09. The van der Waals surface area contributed by atoms with E-state index in [0.717, 1.165) is 61.1 Å². The number of fused-ring (bicyclic) bond motifs is 1. The minimum atomic E-state index is 0.0388. The van der Waals surface area contributed by atoms with E-state index in [-0.39, 0.29) is 5.91 Å². The first-order valence-electron chi connectivity index (χ1n) is 9.60. The van der Waals surface area contributed by atoms with Crippen LogP contribution in [0.3, 0.4) is 0 Å². The zero-order valence-corrected chi connectivity index (χ0v) is 16.4. The fourth-order valence-corrected chi connectivity index (χ4v) is 4.32. The van der Waals surface area contributed by atoms with Crippen LogP contribution < -0.4 is 14.8 Å². The first-order valence-corrected chi connectivity index (χ1v) is 10.5. The molecule has 0 bridgehead atoms. The van der Waals surface area contributed by atoms with E-state index in [9.17, 15) is 4.79 Å². The molecule has 4 rings (SSSR count). The maximum Gasteiger partial charge on any atom is 0.273 e. The van der Waals surface area contributed by atoms with Crippen molar-refractivity contribution in [2.45, 2.75) is 19.8 Å². The average Bonchev–Trinajstić information content (AvgIpc) is 3.22. The van der Waals surface area contributed by atoms with Gasteiger partial charge >= 0.3 is 0 Å². The standard InChI is InChI=1S/C20H25N3O3S/c1-2-21-12-14-5-7-23(8-6-14)20(24)16-13-27-19(22-16)15-3-4-17-18(11-15)26-10-9-25-17/h3-4,11,13-14,21H,2,5-10,12H2,1H3. The Hall–Kier alpha value is -2.12. The van der Waals surface area contributed by atoms with Gasteiger partial charge in [-0.3, -0.25) is 4.79 Å². The zero-order chi connectivity index (χ0) is 18.6. The van der Waals surface area contributed by atoms with Gasteiger partial charge in [0.25, 0.3) is 5.91 Å². The number of carbonyl (C=O) groups excluding carboxylic acids is 1. The first-order chi connectivity index (χ1) is 13.2. The number of ether oxygens (including phenoxy) is 2. The number of amides is 1. The number of nitrogens with one attached hydrogen (secondary N) is 1. The molecule has 1 N–H and O–H groups in total. The minimum Gasteiger partial charge on any atom is -0.486 e. The lowest BCUT2D eigenvalue weighted by molar-refractivity contribution is 0.0685. The van der Waals surface area contributed by atoms with Gasteiger partial charge in [-0.05, 0) is 50.0 Å². The van der Waals surface area contributed by atoms with Gasteiger partial charge in [-0.15, -0.1) is 11.3 Å². The molecule has 0 aliphatic carbocycles. The summed E-state index contributed by atoms with van der Waals surface area (Å²) in [6, 6.07) is 5.81. The highest BCUT2D eigenvalue weighted by molar-refractivity contribution is 7.13. The summed E-state index contributed by atoms with van der Waals surface area (Å²) in [6.07, 6.45) is 2.11. The molecule has 2 aliphatic heterocycles. The summed E-state index contributed by atoms with van der Waals surface area (Å²) in [5.74, 6) is 2.21. The second kappa shape index (κ2) is 8.27. The van der Waals surface area contributed by atoms with Gasteiger partial charge in [-0.1, -0.05) is 6.92 Å². The van der Waals surface area contributed by atoms with E-state index < -0.39 is 0 Å². The van der Waals surface area contributed by atoms with Gasteiger partial charge in [-0.25, -0.2) is 4.98 Å². The number of nitrogens with zero attached hydrogens (tertiary/aromatic N) is 2. The molecular formula is C20H25N3O3S. The molecule has 0 radical (unpaired) electrons. The third-order valence-corrected chi connectivity index (χ3v) is 5.99. The molecule has 0 saturated carbocycles. The van der Waals surface area contributed by atoms with Crippen molar-refractivity contribution in [3.05, 3.63) is 29.3 Å². The third kappa shape index (κ3) is 4.09. The molecule has 1 aromatic heterocycles. The topological polar surface area (TPSA) is 63.7 Å². The minimum absolute atomic E-state index is 0.0388. The van der Waals surface area contributed by atoms with Gasteiger partial charge in [0.1, 0.15) is 23.9 Å². The summed E-state index contributed by atoms with van der Waals surface area (Å²) < 4.78 is 11.2. The lowest BCUT2D eigenvalue weighted by Gasteiger charge is -2.31. The van der Waals surface area contributed by atoms with Gasteiger partial charge in [0, 0.05) is 24.0 Å². The van der Waals surface area contributed by atoms with Crippen LogP contribution >= 0.6 is 11.3 Å². The molecule has 0 atom stereocenters. The predicted octanol–water partition coefficient (Wildman–Crippen LogP) is 3.04. The van der Waals surface area contributed by atoms with Gasteiger partial charge in [-0.2, -0.15) is 0 Å². The van der Waals surface area contributed by atoms with Crippen LogP contribution in [0.25, 0.3) is 10.6 Å². The van der Waals surface area contributed by atoms with Gasteiger partial charge < -0.3 is 19.7 Å². The van der Waals surface area contributed by atoms with E-state index >= 15 is 0 Å². The number of benzene rings is 1.